The molecule has 0 aliphatic heterocycles. The van der Waals surface area contributed by atoms with Crippen LogP contribution >= 0.6 is 15.9 Å². The van der Waals surface area contributed by atoms with E-state index in [1.807, 2.05) is 48.5 Å². The minimum absolute atomic E-state index is 0.153. The van der Waals surface area contributed by atoms with Gasteiger partial charge in [0, 0.05) is 15.4 Å². The molecule has 1 aromatic heterocycles. The van der Waals surface area contributed by atoms with Gasteiger partial charge in [-0.25, -0.2) is 9.78 Å². The molecule has 0 aliphatic carbocycles. The minimum atomic E-state index is -0.507. The van der Waals surface area contributed by atoms with Crippen molar-refractivity contribution in [2.24, 2.45) is 0 Å². The van der Waals surface area contributed by atoms with Gasteiger partial charge in [0.15, 0.2) is 5.69 Å². The fourth-order valence-corrected chi connectivity index (χ4v) is 2.88. The summed E-state index contributed by atoms with van der Waals surface area (Å²) in [6, 6.07) is 15.4. The summed E-state index contributed by atoms with van der Waals surface area (Å²) < 4.78 is 6.00. The average molecular weight is 371 g/mol. The normalized spacial score (nSPS) is 10.7. The summed E-state index contributed by atoms with van der Waals surface area (Å²) in [4.78, 5) is 16.6. The van der Waals surface area contributed by atoms with Gasteiger partial charge in [0.05, 0.1) is 17.8 Å². The van der Waals surface area contributed by atoms with Gasteiger partial charge in [0.2, 0.25) is 0 Å². The van der Waals surface area contributed by atoms with Crippen molar-refractivity contribution >= 4 is 38.5 Å². The number of rotatable bonds is 3. The quantitative estimate of drug-likeness (QED) is 0.692. The van der Waals surface area contributed by atoms with Crippen LogP contribution in [0.2, 0.25) is 0 Å². The monoisotopic (exact) mass is 370 g/mol. The predicted octanol–water partition coefficient (Wildman–Crippen LogP) is 4.42. The Balaban J connectivity index is 2.36. The highest BCUT2D eigenvalue weighted by Crippen LogP contribution is 2.36. The number of ether oxygens (including phenoxy) is 1. The van der Waals surface area contributed by atoms with Crippen LogP contribution in [0.3, 0.4) is 0 Å². The lowest BCUT2D eigenvalue weighted by molar-refractivity contribution is 0.0521. The van der Waals surface area contributed by atoms with Gasteiger partial charge < -0.3 is 10.5 Å². The molecule has 0 unspecified atom stereocenters. The maximum Gasteiger partial charge on any atom is 0.359 e. The number of aromatic nitrogens is 1. The number of benzene rings is 2. The number of halogens is 1. The van der Waals surface area contributed by atoms with Crippen molar-refractivity contribution in [2.45, 2.75) is 6.92 Å². The number of carbonyl (C=O) groups is 1. The molecule has 0 radical (unpaired) electrons. The summed E-state index contributed by atoms with van der Waals surface area (Å²) in [6.45, 7) is 2.03. The zero-order chi connectivity index (χ0) is 16.4. The maximum atomic E-state index is 12.2. The van der Waals surface area contributed by atoms with Crippen LogP contribution in [0.25, 0.3) is 22.0 Å². The fraction of sp³-hybridized carbons (Fsp3) is 0.111. The highest BCUT2D eigenvalue weighted by molar-refractivity contribution is 9.10. The smallest absolute Gasteiger partial charge is 0.359 e. The van der Waals surface area contributed by atoms with Crippen LogP contribution < -0.4 is 5.73 Å². The van der Waals surface area contributed by atoms with E-state index < -0.39 is 5.97 Å². The van der Waals surface area contributed by atoms with Crippen LogP contribution in [0, 0.1) is 0 Å². The first-order chi connectivity index (χ1) is 11.1. The summed E-state index contributed by atoms with van der Waals surface area (Å²) in [6.07, 6.45) is 0. The molecule has 116 valence electrons. The van der Waals surface area contributed by atoms with Crippen LogP contribution in [0.4, 0.5) is 5.69 Å². The SMILES string of the molecule is CCOC(=O)c1nc2ccc(Br)cc2c(-c2ccccc2)c1N. The molecule has 2 N–H and O–H groups in total. The van der Waals surface area contributed by atoms with Crippen molar-refractivity contribution in [2.75, 3.05) is 12.3 Å². The Bertz CT molecular complexity index is 879. The molecule has 23 heavy (non-hydrogen) atoms. The lowest BCUT2D eigenvalue weighted by Gasteiger charge is -2.14. The van der Waals surface area contributed by atoms with E-state index in [0.717, 1.165) is 21.0 Å². The Morgan fingerprint density at radius 3 is 2.65 bits per heavy atom. The Morgan fingerprint density at radius 2 is 1.96 bits per heavy atom. The molecule has 0 bridgehead atoms. The number of nitrogen functional groups attached to an aromatic ring is 1. The highest BCUT2D eigenvalue weighted by atomic mass is 79.9. The van der Waals surface area contributed by atoms with Gasteiger partial charge in [0.1, 0.15) is 0 Å². The second-order valence-corrected chi connectivity index (χ2v) is 5.91. The number of nitrogens with zero attached hydrogens (tertiary/aromatic N) is 1. The summed E-state index contributed by atoms with van der Waals surface area (Å²) in [5, 5.41) is 0.885. The van der Waals surface area contributed by atoms with E-state index in [2.05, 4.69) is 20.9 Å². The molecular formula is C18H15BrN2O2. The first kappa shape index (κ1) is 15.5. The molecule has 4 nitrogen and oxygen atoms in total. The van der Waals surface area contributed by atoms with Gasteiger partial charge in [0.25, 0.3) is 0 Å². The Kier molecular flexibility index (Phi) is 4.30. The third-order valence-corrected chi connectivity index (χ3v) is 4.01. The molecule has 0 fully saturated rings. The van der Waals surface area contributed by atoms with E-state index >= 15 is 0 Å². The van der Waals surface area contributed by atoms with E-state index in [4.69, 9.17) is 10.5 Å². The zero-order valence-corrected chi connectivity index (χ0v) is 14.1. The Hall–Kier alpha value is -2.40. The van der Waals surface area contributed by atoms with Crippen LogP contribution in [0.5, 0.6) is 0 Å². The summed E-state index contributed by atoms with van der Waals surface area (Å²) in [5.41, 5.74) is 9.19. The number of pyridine rings is 1. The number of carbonyl (C=O) groups excluding carboxylic acids is 1. The molecular weight excluding hydrogens is 356 g/mol. The van der Waals surface area contributed by atoms with Crippen molar-refractivity contribution in [1.82, 2.24) is 4.98 Å². The second kappa shape index (κ2) is 6.38. The van der Waals surface area contributed by atoms with Gasteiger partial charge >= 0.3 is 5.97 Å². The first-order valence-corrected chi connectivity index (χ1v) is 8.02. The lowest BCUT2D eigenvalue weighted by Crippen LogP contribution is -2.12. The van der Waals surface area contributed by atoms with Gasteiger partial charge in [-0.1, -0.05) is 46.3 Å². The predicted molar refractivity (Wildman–Crippen MR) is 95.2 cm³/mol. The van der Waals surface area contributed by atoms with Gasteiger partial charge in [-0.3, -0.25) is 0 Å². The fourth-order valence-electron chi connectivity index (χ4n) is 2.52. The minimum Gasteiger partial charge on any atom is -0.461 e. The van der Waals surface area contributed by atoms with Gasteiger partial charge in [-0.05, 0) is 30.7 Å². The molecule has 0 atom stereocenters. The lowest BCUT2D eigenvalue weighted by atomic mass is 9.98. The largest absolute Gasteiger partial charge is 0.461 e. The Labute approximate surface area is 142 Å². The average Bonchev–Trinajstić information content (AvgIpc) is 2.55. The first-order valence-electron chi connectivity index (χ1n) is 7.23. The standard InChI is InChI=1S/C18H15BrN2O2/c1-2-23-18(22)17-16(20)15(11-6-4-3-5-7-11)13-10-12(19)8-9-14(13)21-17/h3-10H,2,20H2,1H3. The molecule has 2 aromatic carbocycles. The summed E-state index contributed by atoms with van der Waals surface area (Å²) in [5.74, 6) is -0.507. The van der Waals surface area contributed by atoms with Crippen LogP contribution in [-0.4, -0.2) is 17.6 Å². The maximum absolute atomic E-state index is 12.2. The van der Waals surface area contributed by atoms with E-state index in [0.29, 0.717) is 11.2 Å². The summed E-state index contributed by atoms with van der Waals surface area (Å²) >= 11 is 3.48. The molecule has 1 heterocycles. The molecule has 0 spiro atoms. The van der Waals surface area contributed by atoms with Crippen molar-refractivity contribution in [3.05, 3.63) is 58.7 Å². The van der Waals surface area contributed by atoms with E-state index in [-0.39, 0.29) is 12.3 Å². The Morgan fingerprint density at radius 1 is 1.22 bits per heavy atom. The number of hydrogen-bond donors (Lipinski definition) is 1. The molecule has 0 aliphatic rings. The molecule has 0 saturated heterocycles. The third-order valence-electron chi connectivity index (χ3n) is 3.52. The summed E-state index contributed by atoms with van der Waals surface area (Å²) in [7, 11) is 0. The van der Waals surface area contributed by atoms with Crippen molar-refractivity contribution in [3.63, 3.8) is 0 Å². The van der Waals surface area contributed by atoms with Crippen molar-refractivity contribution in [1.29, 1.82) is 0 Å². The molecule has 5 heteroatoms. The molecule has 0 saturated carbocycles. The second-order valence-electron chi connectivity index (χ2n) is 5.00. The number of fused-ring (bicyclic) bond motifs is 1. The zero-order valence-electron chi connectivity index (χ0n) is 12.5. The number of nitrogens with two attached hydrogens (primary N) is 1. The molecule has 3 aromatic rings. The van der Waals surface area contributed by atoms with E-state index in [1.54, 1.807) is 6.92 Å². The van der Waals surface area contributed by atoms with Crippen molar-refractivity contribution in [3.8, 4) is 11.1 Å². The van der Waals surface area contributed by atoms with E-state index in [9.17, 15) is 4.79 Å². The number of anilines is 1. The number of esters is 1. The van der Waals surface area contributed by atoms with Crippen molar-refractivity contribution < 1.29 is 9.53 Å². The van der Waals surface area contributed by atoms with Crippen LogP contribution in [0.1, 0.15) is 17.4 Å². The van der Waals surface area contributed by atoms with Gasteiger partial charge in [-0.15, -0.1) is 0 Å². The van der Waals surface area contributed by atoms with Crippen LogP contribution in [0.15, 0.2) is 53.0 Å². The van der Waals surface area contributed by atoms with Crippen LogP contribution in [-0.2, 0) is 4.74 Å². The number of hydrogen-bond acceptors (Lipinski definition) is 4. The molecule has 3 rings (SSSR count). The highest BCUT2D eigenvalue weighted by Gasteiger charge is 2.20. The molecule has 0 amide bonds. The topological polar surface area (TPSA) is 65.2 Å². The third kappa shape index (κ3) is 2.92. The van der Waals surface area contributed by atoms with Gasteiger partial charge in [-0.2, -0.15) is 0 Å². The van der Waals surface area contributed by atoms with E-state index in [1.165, 1.54) is 0 Å².